The molecule has 0 saturated carbocycles. The summed E-state index contributed by atoms with van der Waals surface area (Å²) in [6, 6.07) is 4.95. The maximum atomic E-state index is 12.8. The van der Waals surface area contributed by atoms with E-state index in [9.17, 15) is 8.42 Å². The van der Waals surface area contributed by atoms with Gasteiger partial charge < -0.3 is 5.73 Å². The van der Waals surface area contributed by atoms with E-state index in [2.05, 4.69) is 0 Å². The van der Waals surface area contributed by atoms with Gasteiger partial charge in [0.25, 0.3) is 0 Å². The number of rotatable bonds is 9. The molecular formula is C15H25ClN2O2S. The van der Waals surface area contributed by atoms with Crippen molar-refractivity contribution in [3.05, 3.63) is 28.8 Å². The molecule has 0 heterocycles. The van der Waals surface area contributed by atoms with Crippen LogP contribution in [0.4, 0.5) is 0 Å². The van der Waals surface area contributed by atoms with Gasteiger partial charge in [-0.05, 0) is 30.5 Å². The van der Waals surface area contributed by atoms with Crippen molar-refractivity contribution in [3.63, 3.8) is 0 Å². The molecule has 4 nitrogen and oxygen atoms in total. The summed E-state index contributed by atoms with van der Waals surface area (Å²) in [5, 5.41) is 0.255. The molecule has 0 aliphatic rings. The summed E-state index contributed by atoms with van der Waals surface area (Å²) in [6.45, 7) is 5.45. The number of halogens is 1. The first-order chi connectivity index (χ1) is 9.97. The molecule has 0 aromatic heterocycles. The molecule has 0 atom stereocenters. The molecule has 6 heteroatoms. The van der Waals surface area contributed by atoms with Crippen LogP contribution in [0.15, 0.2) is 23.1 Å². The molecule has 120 valence electrons. The van der Waals surface area contributed by atoms with Gasteiger partial charge in [-0.15, -0.1) is 0 Å². The van der Waals surface area contributed by atoms with Gasteiger partial charge in [0, 0.05) is 19.6 Å². The molecule has 1 aromatic rings. The Morgan fingerprint density at radius 3 is 2.19 bits per heavy atom. The second-order valence-corrected chi connectivity index (χ2v) is 7.39. The molecule has 0 radical (unpaired) electrons. The highest BCUT2D eigenvalue weighted by atomic mass is 35.5. The van der Waals surface area contributed by atoms with Crippen LogP contribution in [0.25, 0.3) is 0 Å². The quantitative estimate of drug-likeness (QED) is 0.754. The van der Waals surface area contributed by atoms with Crippen LogP contribution >= 0.6 is 11.6 Å². The van der Waals surface area contributed by atoms with Gasteiger partial charge in [-0.25, -0.2) is 8.42 Å². The van der Waals surface area contributed by atoms with Gasteiger partial charge in [-0.2, -0.15) is 4.31 Å². The van der Waals surface area contributed by atoms with Crippen LogP contribution in [0.3, 0.4) is 0 Å². The van der Waals surface area contributed by atoms with E-state index in [1.54, 1.807) is 22.5 Å². The maximum Gasteiger partial charge on any atom is 0.244 e. The van der Waals surface area contributed by atoms with Crippen molar-refractivity contribution in [2.45, 2.75) is 51.0 Å². The molecule has 1 rings (SSSR count). The van der Waals surface area contributed by atoms with Gasteiger partial charge in [0.2, 0.25) is 10.0 Å². The van der Waals surface area contributed by atoms with Crippen LogP contribution in [-0.4, -0.2) is 25.8 Å². The lowest BCUT2D eigenvalue weighted by atomic mass is 10.2. The molecule has 0 unspecified atom stereocenters. The number of benzene rings is 1. The minimum atomic E-state index is -3.56. The van der Waals surface area contributed by atoms with Crippen LogP contribution in [0.1, 0.15) is 45.1 Å². The second-order valence-electron chi connectivity index (χ2n) is 5.08. The van der Waals surface area contributed by atoms with E-state index in [0.717, 1.165) is 31.2 Å². The molecule has 2 N–H and O–H groups in total. The molecule has 0 spiro atoms. The summed E-state index contributed by atoms with van der Waals surface area (Å²) >= 11 is 6.10. The van der Waals surface area contributed by atoms with E-state index in [-0.39, 0.29) is 9.92 Å². The molecule has 0 amide bonds. The lowest BCUT2D eigenvalue weighted by Crippen LogP contribution is -2.33. The number of hydrogen-bond donors (Lipinski definition) is 1. The molecule has 21 heavy (non-hydrogen) atoms. The highest BCUT2D eigenvalue weighted by Gasteiger charge is 2.26. The second kappa shape index (κ2) is 8.73. The van der Waals surface area contributed by atoms with E-state index in [4.69, 9.17) is 17.3 Å². The number of sulfonamides is 1. The smallest absolute Gasteiger partial charge is 0.244 e. The minimum Gasteiger partial charge on any atom is -0.326 e. The first-order valence-electron chi connectivity index (χ1n) is 7.46. The van der Waals surface area contributed by atoms with Crippen LogP contribution in [0.2, 0.25) is 5.02 Å². The standard InChI is InChI=1S/C15H25ClN2O2S/c1-3-5-9-18(10-6-4-2)21(19,20)15-11-13(12-17)7-8-14(15)16/h7-8,11H,3-6,9-10,12,17H2,1-2H3. The predicted molar refractivity (Wildman–Crippen MR) is 87.9 cm³/mol. The van der Waals surface area contributed by atoms with Gasteiger partial charge in [0.1, 0.15) is 4.90 Å². The fraction of sp³-hybridized carbons (Fsp3) is 0.600. The fourth-order valence-electron chi connectivity index (χ4n) is 2.03. The average Bonchev–Trinajstić information content (AvgIpc) is 2.47. The highest BCUT2D eigenvalue weighted by Crippen LogP contribution is 2.26. The Morgan fingerprint density at radius 1 is 1.14 bits per heavy atom. The first kappa shape index (κ1) is 18.4. The molecule has 0 aliphatic heterocycles. The Bertz CT molecular complexity index is 539. The molecule has 0 fully saturated rings. The number of hydrogen-bond acceptors (Lipinski definition) is 3. The first-order valence-corrected chi connectivity index (χ1v) is 9.27. The Balaban J connectivity index is 3.14. The normalized spacial score (nSPS) is 12.0. The van der Waals surface area contributed by atoms with E-state index in [1.165, 1.54) is 0 Å². The predicted octanol–water partition coefficient (Wildman–Crippen LogP) is 3.39. The Morgan fingerprint density at radius 2 is 1.71 bits per heavy atom. The Kier molecular flexibility index (Phi) is 7.66. The number of unbranched alkanes of at least 4 members (excludes halogenated alkanes) is 2. The van der Waals surface area contributed by atoms with Crippen molar-refractivity contribution < 1.29 is 8.42 Å². The van der Waals surface area contributed by atoms with Gasteiger partial charge in [0.15, 0.2) is 0 Å². The molecule has 0 aliphatic carbocycles. The topological polar surface area (TPSA) is 63.4 Å². The number of nitrogens with zero attached hydrogens (tertiary/aromatic N) is 1. The van der Waals surface area contributed by atoms with Gasteiger partial charge in [-0.3, -0.25) is 0 Å². The van der Waals surface area contributed by atoms with Gasteiger partial charge in [0.05, 0.1) is 5.02 Å². The Hall–Kier alpha value is -0.620. The van der Waals surface area contributed by atoms with Crippen molar-refractivity contribution in [1.29, 1.82) is 0 Å². The summed E-state index contributed by atoms with van der Waals surface area (Å²) in [4.78, 5) is 0.166. The lowest BCUT2D eigenvalue weighted by molar-refractivity contribution is 0.395. The molecule has 0 saturated heterocycles. The van der Waals surface area contributed by atoms with Crippen molar-refractivity contribution >= 4 is 21.6 Å². The summed E-state index contributed by atoms with van der Waals surface area (Å²) in [5.74, 6) is 0. The third-order valence-electron chi connectivity index (χ3n) is 3.37. The summed E-state index contributed by atoms with van der Waals surface area (Å²) in [5.41, 5.74) is 6.36. The maximum absolute atomic E-state index is 12.8. The van der Waals surface area contributed by atoms with E-state index in [0.29, 0.717) is 19.6 Å². The van der Waals surface area contributed by atoms with E-state index >= 15 is 0 Å². The zero-order valence-corrected chi connectivity index (χ0v) is 14.4. The fourth-order valence-corrected chi connectivity index (χ4v) is 4.07. The largest absolute Gasteiger partial charge is 0.326 e. The molecule has 1 aromatic carbocycles. The summed E-state index contributed by atoms with van der Waals surface area (Å²) in [7, 11) is -3.56. The van der Waals surface area contributed by atoms with E-state index < -0.39 is 10.0 Å². The monoisotopic (exact) mass is 332 g/mol. The zero-order chi connectivity index (χ0) is 15.9. The van der Waals surface area contributed by atoms with Crippen LogP contribution in [0, 0.1) is 0 Å². The van der Waals surface area contributed by atoms with Crippen LogP contribution in [0.5, 0.6) is 0 Å². The Labute approximate surface area is 133 Å². The number of nitrogens with two attached hydrogens (primary N) is 1. The highest BCUT2D eigenvalue weighted by molar-refractivity contribution is 7.89. The van der Waals surface area contributed by atoms with Gasteiger partial charge >= 0.3 is 0 Å². The third kappa shape index (κ3) is 4.95. The SMILES string of the molecule is CCCCN(CCCC)S(=O)(=O)c1cc(CN)ccc1Cl. The van der Waals surface area contributed by atoms with Crippen LogP contribution < -0.4 is 5.73 Å². The van der Waals surface area contributed by atoms with Crippen LogP contribution in [-0.2, 0) is 16.6 Å². The molecular weight excluding hydrogens is 308 g/mol. The third-order valence-corrected chi connectivity index (χ3v) is 5.75. The van der Waals surface area contributed by atoms with Crippen molar-refractivity contribution in [2.75, 3.05) is 13.1 Å². The van der Waals surface area contributed by atoms with Crippen molar-refractivity contribution in [2.24, 2.45) is 5.73 Å². The minimum absolute atomic E-state index is 0.166. The lowest BCUT2D eigenvalue weighted by Gasteiger charge is -2.22. The zero-order valence-electron chi connectivity index (χ0n) is 12.8. The molecule has 0 bridgehead atoms. The summed E-state index contributed by atoms with van der Waals surface area (Å²) in [6.07, 6.45) is 3.59. The average molecular weight is 333 g/mol. The van der Waals surface area contributed by atoms with E-state index in [1.807, 2.05) is 13.8 Å². The summed E-state index contributed by atoms with van der Waals surface area (Å²) < 4.78 is 27.2. The van der Waals surface area contributed by atoms with Gasteiger partial charge in [-0.1, -0.05) is 44.4 Å². The van der Waals surface area contributed by atoms with Crippen molar-refractivity contribution in [1.82, 2.24) is 4.31 Å². The van der Waals surface area contributed by atoms with Crippen molar-refractivity contribution in [3.8, 4) is 0 Å².